The van der Waals surface area contributed by atoms with E-state index in [9.17, 15) is 8.78 Å². The molecule has 0 aromatic heterocycles. The molecule has 2 aromatic rings. The summed E-state index contributed by atoms with van der Waals surface area (Å²) >= 11 is 0. The molecule has 0 unspecified atom stereocenters. The zero-order chi connectivity index (χ0) is 19.2. The molecule has 0 radical (unpaired) electrons. The van der Waals surface area contributed by atoms with Crippen molar-refractivity contribution in [3.63, 3.8) is 0 Å². The molecule has 4 heteroatoms. The first kappa shape index (κ1) is 18.3. The first-order valence-corrected chi connectivity index (χ1v) is 10.5. The van der Waals surface area contributed by atoms with E-state index in [0.29, 0.717) is 24.9 Å². The Kier molecular flexibility index (Phi) is 4.52. The molecule has 0 saturated heterocycles. The van der Waals surface area contributed by atoms with Crippen LogP contribution in [0.1, 0.15) is 49.7 Å². The molecular weight excluding hydrogens is 354 g/mol. The Hall–Kier alpha value is -1.78. The van der Waals surface area contributed by atoms with E-state index in [4.69, 9.17) is 0 Å². The number of halogens is 2. The lowest BCUT2D eigenvalue weighted by atomic mass is 9.50. The second-order valence-electron chi connectivity index (χ2n) is 9.41. The molecular formula is C24H28F2N2. The SMILES string of the molecule is Fc1ccccc1CNC12CC3CC(C1)CC(NCc1ccccc1F)(C3)C2. The molecule has 4 saturated carbocycles. The van der Waals surface area contributed by atoms with Gasteiger partial charge in [-0.3, -0.25) is 0 Å². The summed E-state index contributed by atoms with van der Waals surface area (Å²) in [4.78, 5) is 0. The summed E-state index contributed by atoms with van der Waals surface area (Å²) in [5.41, 5.74) is 1.64. The van der Waals surface area contributed by atoms with Crippen molar-refractivity contribution in [1.82, 2.24) is 10.6 Å². The molecule has 4 aliphatic carbocycles. The van der Waals surface area contributed by atoms with E-state index < -0.39 is 0 Å². The molecule has 0 heterocycles. The van der Waals surface area contributed by atoms with Crippen LogP contribution in [-0.4, -0.2) is 11.1 Å². The largest absolute Gasteiger partial charge is 0.307 e. The van der Waals surface area contributed by atoms with Crippen molar-refractivity contribution in [1.29, 1.82) is 0 Å². The Morgan fingerprint density at radius 1 is 0.714 bits per heavy atom. The van der Waals surface area contributed by atoms with Crippen molar-refractivity contribution in [2.24, 2.45) is 11.8 Å². The maximum absolute atomic E-state index is 14.1. The van der Waals surface area contributed by atoms with E-state index in [1.54, 1.807) is 12.1 Å². The zero-order valence-corrected chi connectivity index (χ0v) is 16.2. The van der Waals surface area contributed by atoms with Crippen molar-refractivity contribution in [2.75, 3.05) is 0 Å². The smallest absolute Gasteiger partial charge is 0.127 e. The van der Waals surface area contributed by atoms with Crippen LogP contribution >= 0.6 is 0 Å². The van der Waals surface area contributed by atoms with Crippen molar-refractivity contribution in [3.8, 4) is 0 Å². The van der Waals surface area contributed by atoms with E-state index in [1.807, 2.05) is 24.3 Å². The Morgan fingerprint density at radius 2 is 1.14 bits per heavy atom. The van der Waals surface area contributed by atoms with Crippen molar-refractivity contribution < 1.29 is 8.78 Å². The monoisotopic (exact) mass is 382 g/mol. The van der Waals surface area contributed by atoms with E-state index in [2.05, 4.69) is 10.6 Å². The normalized spacial score (nSPS) is 33.4. The Labute approximate surface area is 165 Å². The highest BCUT2D eigenvalue weighted by Gasteiger charge is 2.57. The molecule has 2 nitrogen and oxygen atoms in total. The molecule has 2 aromatic carbocycles. The lowest BCUT2D eigenvalue weighted by Crippen LogP contribution is -2.68. The predicted molar refractivity (Wildman–Crippen MR) is 107 cm³/mol. The minimum absolute atomic E-state index is 0.0780. The first-order chi connectivity index (χ1) is 13.5. The van der Waals surface area contributed by atoms with Gasteiger partial charge in [-0.05, 0) is 62.5 Å². The van der Waals surface area contributed by atoms with Gasteiger partial charge in [0, 0.05) is 35.3 Å². The van der Waals surface area contributed by atoms with Crippen LogP contribution in [0.15, 0.2) is 48.5 Å². The number of benzene rings is 2. The summed E-state index contributed by atoms with van der Waals surface area (Å²) in [5.74, 6) is 1.16. The standard InChI is InChI=1S/C24H28F2N2/c25-21-7-3-1-5-19(21)14-27-23-10-17-9-18(11-23)13-24(12-17,16-23)28-15-20-6-2-4-8-22(20)26/h1-8,17-18,27-28H,9-16H2. The molecule has 28 heavy (non-hydrogen) atoms. The summed E-state index contributed by atoms with van der Waals surface area (Å²) in [6.07, 6.45) is 7.09. The molecule has 0 spiro atoms. The third kappa shape index (κ3) is 3.37. The molecule has 6 rings (SSSR count). The van der Waals surface area contributed by atoms with Crippen molar-refractivity contribution in [3.05, 3.63) is 71.3 Å². The van der Waals surface area contributed by atoms with Crippen LogP contribution in [-0.2, 0) is 13.1 Å². The lowest BCUT2D eigenvalue weighted by molar-refractivity contribution is -0.0537. The van der Waals surface area contributed by atoms with Crippen molar-refractivity contribution >= 4 is 0 Å². The zero-order valence-electron chi connectivity index (χ0n) is 16.2. The van der Waals surface area contributed by atoms with Gasteiger partial charge in [-0.2, -0.15) is 0 Å². The van der Waals surface area contributed by atoms with Gasteiger partial charge in [-0.15, -0.1) is 0 Å². The summed E-state index contributed by atoms with van der Waals surface area (Å²) in [6.45, 7) is 1.16. The van der Waals surface area contributed by atoms with Gasteiger partial charge in [-0.25, -0.2) is 8.78 Å². The molecule has 0 amide bonds. The highest BCUT2D eigenvalue weighted by atomic mass is 19.1. The third-order valence-corrected chi connectivity index (χ3v) is 7.28. The fraction of sp³-hybridized carbons (Fsp3) is 0.500. The van der Waals surface area contributed by atoms with Gasteiger partial charge in [0.2, 0.25) is 0 Å². The van der Waals surface area contributed by atoms with E-state index in [-0.39, 0.29) is 22.7 Å². The van der Waals surface area contributed by atoms with Crippen LogP contribution in [0.5, 0.6) is 0 Å². The van der Waals surface area contributed by atoms with Gasteiger partial charge in [0.1, 0.15) is 11.6 Å². The van der Waals surface area contributed by atoms with E-state index in [1.165, 1.54) is 44.2 Å². The molecule has 0 atom stereocenters. The van der Waals surface area contributed by atoms with Gasteiger partial charge in [0.15, 0.2) is 0 Å². The van der Waals surface area contributed by atoms with E-state index >= 15 is 0 Å². The Morgan fingerprint density at radius 3 is 1.57 bits per heavy atom. The van der Waals surface area contributed by atoms with Crippen LogP contribution in [0, 0.1) is 23.5 Å². The highest BCUT2D eigenvalue weighted by molar-refractivity contribution is 5.21. The number of hydrogen-bond acceptors (Lipinski definition) is 2. The molecule has 4 bridgehead atoms. The third-order valence-electron chi connectivity index (χ3n) is 7.28. The second kappa shape index (κ2) is 6.93. The fourth-order valence-electron chi connectivity index (χ4n) is 6.53. The van der Waals surface area contributed by atoms with Crippen molar-refractivity contribution in [2.45, 2.75) is 62.7 Å². The van der Waals surface area contributed by atoms with Crippen LogP contribution in [0.25, 0.3) is 0 Å². The van der Waals surface area contributed by atoms with Gasteiger partial charge < -0.3 is 10.6 Å². The van der Waals surface area contributed by atoms with Gasteiger partial charge >= 0.3 is 0 Å². The van der Waals surface area contributed by atoms with Crippen LogP contribution in [0.4, 0.5) is 8.78 Å². The minimum Gasteiger partial charge on any atom is -0.307 e. The lowest BCUT2D eigenvalue weighted by Gasteiger charge is -2.62. The summed E-state index contributed by atoms with van der Waals surface area (Å²) in [7, 11) is 0. The molecule has 0 aliphatic heterocycles. The fourth-order valence-corrected chi connectivity index (χ4v) is 6.53. The number of rotatable bonds is 6. The van der Waals surface area contributed by atoms with Gasteiger partial charge in [0.25, 0.3) is 0 Å². The van der Waals surface area contributed by atoms with E-state index in [0.717, 1.165) is 17.5 Å². The van der Waals surface area contributed by atoms with Gasteiger partial charge in [-0.1, -0.05) is 36.4 Å². The average Bonchev–Trinajstić information content (AvgIpc) is 2.66. The van der Waals surface area contributed by atoms with Crippen LogP contribution in [0.2, 0.25) is 0 Å². The van der Waals surface area contributed by atoms with Crippen LogP contribution in [0.3, 0.4) is 0 Å². The minimum atomic E-state index is -0.132. The molecule has 4 aliphatic rings. The highest BCUT2D eigenvalue weighted by Crippen LogP contribution is 2.57. The number of hydrogen-bond donors (Lipinski definition) is 2. The summed E-state index contributed by atoms with van der Waals surface area (Å²) in [5, 5.41) is 7.53. The first-order valence-electron chi connectivity index (χ1n) is 10.5. The topological polar surface area (TPSA) is 24.1 Å². The maximum atomic E-state index is 14.1. The molecule has 4 fully saturated rings. The Balaban J connectivity index is 1.32. The second-order valence-corrected chi connectivity index (χ2v) is 9.41. The number of nitrogens with one attached hydrogen (secondary N) is 2. The quantitative estimate of drug-likeness (QED) is 0.740. The Bertz CT molecular complexity index is 784. The average molecular weight is 382 g/mol. The summed E-state index contributed by atoms with van der Waals surface area (Å²) in [6, 6.07) is 14.1. The maximum Gasteiger partial charge on any atom is 0.127 e. The van der Waals surface area contributed by atoms with Gasteiger partial charge in [0.05, 0.1) is 0 Å². The molecule has 148 valence electrons. The molecule has 2 N–H and O–H groups in total. The van der Waals surface area contributed by atoms with Crippen LogP contribution < -0.4 is 10.6 Å². The summed E-state index contributed by atoms with van der Waals surface area (Å²) < 4.78 is 28.2. The predicted octanol–water partition coefficient (Wildman–Crippen LogP) is 4.94.